The Bertz CT molecular complexity index is 361. The van der Waals surface area contributed by atoms with Gasteiger partial charge in [0.25, 0.3) is 0 Å². The Morgan fingerprint density at radius 1 is 1.05 bits per heavy atom. The third-order valence-corrected chi connectivity index (χ3v) is 2.51. The average Bonchev–Trinajstić information content (AvgIpc) is 2.46. The zero-order chi connectivity index (χ0) is 16.1. The van der Waals surface area contributed by atoms with Gasteiger partial charge in [0.1, 0.15) is 13.2 Å². The molecule has 0 saturated heterocycles. The van der Waals surface area contributed by atoms with E-state index in [-0.39, 0.29) is 31.0 Å². The van der Waals surface area contributed by atoms with Crippen LogP contribution in [0.15, 0.2) is 12.2 Å². The molecule has 0 bridgehead atoms. The van der Waals surface area contributed by atoms with Crippen molar-refractivity contribution in [2.24, 2.45) is 0 Å². The van der Waals surface area contributed by atoms with Crippen LogP contribution in [0.1, 0.15) is 39.5 Å². The molecule has 0 rings (SSSR count). The lowest BCUT2D eigenvalue weighted by molar-refractivity contribution is -0.148. The Labute approximate surface area is 125 Å². The number of ether oxygens (including phenoxy) is 3. The molecule has 6 heteroatoms. The maximum atomic E-state index is 11.5. The fourth-order valence-corrected chi connectivity index (χ4v) is 1.35. The van der Waals surface area contributed by atoms with Crippen LogP contribution in [0.2, 0.25) is 0 Å². The molecule has 0 spiro atoms. The Balaban J connectivity index is 3.86. The number of Topliss-reactive ketones (excluding diaryl/α,β-unsaturated/α-hetero) is 1. The number of esters is 2. The van der Waals surface area contributed by atoms with E-state index in [1.807, 2.05) is 13.8 Å². The molecular weight excluding hydrogens is 276 g/mol. The van der Waals surface area contributed by atoms with Crippen molar-refractivity contribution in [1.29, 1.82) is 0 Å². The van der Waals surface area contributed by atoms with Crippen LogP contribution in [0.5, 0.6) is 0 Å². The van der Waals surface area contributed by atoms with Crippen molar-refractivity contribution in [3.8, 4) is 0 Å². The first-order chi connectivity index (χ1) is 10.0. The van der Waals surface area contributed by atoms with Crippen molar-refractivity contribution in [1.82, 2.24) is 0 Å². The average molecular weight is 300 g/mol. The molecule has 0 aliphatic carbocycles. The van der Waals surface area contributed by atoms with Crippen LogP contribution in [0.25, 0.3) is 0 Å². The summed E-state index contributed by atoms with van der Waals surface area (Å²) < 4.78 is 14.6. The number of carbonyl (C=O) groups excluding carboxylic acids is 3. The molecule has 0 aliphatic heterocycles. The minimum atomic E-state index is -0.749. The molecular formula is C15H24O6. The molecule has 0 N–H and O–H groups in total. The Morgan fingerprint density at radius 3 is 2.38 bits per heavy atom. The molecule has 6 nitrogen and oxygen atoms in total. The van der Waals surface area contributed by atoms with E-state index in [0.717, 1.165) is 12.8 Å². The van der Waals surface area contributed by atoms with Crippen LogP contribution in [0, 0.1) is 0 Å². The molecule has 21 heavy (non-hydrogen) atoms. The molecule has 0 fully saturated rings. The van der Waals surface area contributed by atoms with E-state index in [2.05, 4.69) is 6.58 Å². The molecule has 0 amide bonds. The zero-order valence-corrected chi connectivity index (χ0v) is 12.8. The summed E-state index contributed by atoms with van der Waals surface area (Å²) in [4.78, 5) is 34.3. The van der Waals surface area contributed by atoms with Crippen LogP contribution in [-0.2, 0) is 28.6 Å². The highest BCUT2D eigenvalue weighted by molar-refractivity contribution is 5.94. The summed E-state index contributed by atoms with van der Waals surface area (Å²) >= 11 is 0. The topological polar surface area (TPSA) is 78.9 Å². The van der Waals surface area contributed by atoms with Crippen LogP contribution >= 0.6 is 0 Å². The van der Waals surface area contributed by atoms with Gasteiger partial charge in [-0.05, 0) is 13.3 Å². The molecule has 0 aromatic carbocycles. The van der Waals surface area contributed by atoms with Gasteiger partial charge in [-0.2, -0.15) is 0 Å². The maximum absolute atomic E-state index is 11.5. The Morgan fingerprint density at radius 2 is 1.76 bits per heavy atom. The van der Waals surface area contributed by atoms with Crippen molar-refractivity contribution in [3.63, 3.8) is 0 Å². The molecule has 0 saturated carbocycles. The third-order valence-electron chi connectivity index (χ3n) is 2.51. The number of ketones is 1. The third kappa shape index (κ3) is 10.7. The zero-order valence-electron chi connectivity index (χ0n) is 12.8. The summed E-state index contributed by atoms with van der Waals surface area (Å²) in [5, 5.41) is 0. The van der Waals surface area contributed by atoms with E-state index < -0.39 is 11.9 Å². The van der Waals surface area contributed by atoms with Crippen LogP contribution < -0.4 is 0 Å². The molecule has 0 heterocycles. The van der Waals surface area contributed by atoms with Gasteiger partial charge in [-0.1, -0.05) is 19.9 Å². The van der Waals surface area contributed by atoms with Gasteiger partial charge >= 0.3 is 11.9 Å². The van der Waals surface area contributed by atoms with Gasteiger partial charge in [0.05, 0.1) is 13.0 Å². The van der Waals surface area contributed by atoms with E-state index in [0.29, 0.717) is 19.6 Å². The monoisotopic (exact) mass is 300 g/mol. The summed E-state index contributed by atoms with van der Waals surface area (Å²) in [7, 11) is 0. The molecule has 0 radical (unpaired) electrons. The smallest absolute Gasteiger partial charge is 0.334 e. The lowest BCUT2D eigenvalue weighted by atomic mass is 10.2. The standard InChI is InChI=1S/C15H24O6/c1-4-6-7-13(16)11-21-15(18)12(3)10-14(17)20-9-8-19-5-2/h3-11H2,1-2H3. The Kier molecular flexibility index (Phi) is 11.1. The molecule has 0 atom stereocenters. The highest BCUT2D eigenvalue weighted by Gasteiger charge is 2.15. The number of hydrogen-bond donors (Lipinski definition) is 0. The summed E-state index contributed by atoms with van der Waals surface area (Å²) in [6.07, 6.45) is 1.80. The van der Waals surface area contributed by atoms with Gasteiger partial charge in [0.15, 0.2) is 5.78 Å². The second kappa shape index (κ2) is 12.1. The van der Waals surface area contributed by atoms with Crippen LogP contribution in [0.3, 0.4) is 0 Å². The van der Waals surface area contributed by atoms with E-state index in [9.17, 15) is 14.4 Å². The molecule has 120 valence electrons. The molecule has 0 aromatic rings. The normalized spacial score (nSPS) is 10.0. The van der Waals surface area contributed by atoms with Gasteiger partial charge in [-0.15, -0.1) is 0 Å². The quantitative estimate of drug-likeness (QED) is 0.311. The predicted octanol–water partition coefficient (Wildman–Crippen LogP) is 1.81. The summed E-state index contributed by atoms with van der Waals surface area (Å²) in [5.41, 5.74) is -0.0281. The SMILES string of the molecule is C=C(CC(=O)OCCOCC)C(=O)OCC(=O)CCCC. The van der Waals surface area contributed by atoms with Crippen LogP contribution in [-0.4, -0.2) is 44.1 Å². The largest absolute Gasteiger partial charge is 0.463 e. The maximum Gasteiger partial charge on any atom is 0.334 e. The highest BCUT2D eigenvalue weighted by atomic mass is 16.6. The predicted molar refractivity (Wildman–Crippen MR) is 76.7 cm³/mol. The first kappa shape index (κ1) is 19.3. The molecule has 0 aliphatic rings. The minimum Gasteiger partial charge on any atom is -0.463 e. The second-order valence-electron chi connectivity index (χ2n) is 4.42. The summed E-state index contributed by atoms with van der Waals surface area (Å²) in [5.74, 6) is -1.46. The first-order valence-electron chi connectivity index (χ1n) is 7.11. The molecule has 0 unspecified atom stereocenters. The van der Waals surface area contributed by atoms with Gasteiger partial charge in [0, 0.05) is 18.6 Å². The fourth-order valence-electron chi connectivity index (χ4n) is 1.35. The van der Waals surface area contributed by atoms with E-state index in [1.54, 1.807) is 0 Å². The number of unbranched alkanes of at least 4 members (excludes halogenated alkanes) is 1. The summed E-state index contributed by atoms with van der Waals surface area (Å²) in [6.45, 7) is 7.97. The van der Waals surface area contributed by atoms with Crippen molar-refractivity contribution < 1.29 is 28.6 Å². The summed E-state index contributed by atoms with van der Waals surface area (Å²) in [6, 6.07) is 0. The van der Waals surface area contributed by atoms with E-state index in [1.165, 1.54) is 0 Å². The fraction of sp³-hybridized carbons (Fsp3) is 0.667. The van der Waals surface area contributed by atoms with Crippen molar-refractivity contribution in [3.05, 3.63) is 12.2 Å². The number of carbonyl (C=O) groups is 3. The minimum absolute atomic E-state index is 0.0281. The van der Waals surface area contributed by atoms with Crippen molar-refractivity contribution >= 4 is 17.7 Å². The lowest BCUT2D eigenvalue weighted by Gasteiger charge is -2.07. The lowest BCUT2D eigenvalue weighted by Crippen LogP contribution is -2.18. The first-order valence-corrected chi connectivity index (χ1v) is 7.11. The van der Waals surface area contributed by atoms with Crippen molar-refractivity contribution in [2.45, 2.75) is 39.5 Å². The Hall–Kier alpha value is -1.69. The van der Waals surface area contributed by atoms with E-state index in [4.69, 9.17) is 14.2 Å². The van der Waals surface area contributed by atoms with E-state index >= 15 is 0 Å². The second-order valence-corrected chi connectivity index (χ2v) is 4.42. The molecule has 0 aromatic heterocycles. The van der Waals surface area contributed by atoms with Gasteiger partial charge < -0.3 is 14.2 Å². The number of hydrogen-bond acceptors (Lipinski definition) is 6. The van der Waals surface area contributed by atoms with Crippen LogP contribution in [0.4, 0.5) is 0 Å². The van der Waals surface area contributed by atoms with Gasteiger partial charge in [-0.25, -0.2) is 4.79 Å². The van der Waals surface area contributed by atoms with Gasteiger partial charge in [-0.3, -0.25) is 9.59 Å². The number of rotatable bonds is 12. The van der Waals surface area contributed by atoms with Crippen molar-refractivity contribution in [2.75, 3.05) is 26.4 Å². The highest BCUT2D eigenvalue weighted by Crippen LogP contribution is 2.04. The van der Waals surface area contributed by atoms with Gasteiger partial charge in [0.2, 0.25) is 0 Å².